The van der Waals surface area contributed by atoms with E-state index in [-0.39, 0.29) is 29.3 Å². The molecule has 0 radical (unpaired) electrons. The van der Waals surface area contributed by atoms with Gasteiger partial charge in [-0.1, -0.05) is 19.1 Å². The highest BCUT2D eigenvalue weighted by atomic mass is 16.6. The van der Waals surface area contributed by atoms with Crippen molar-refractivity contribution in [1.29, 1.82) is 0 Å². The average molecular weight is 409 g/mol. The van der Waals surface area contributed by atoms with E-state index in [9.17, 15) is 25.2 Å². The van der Waals surface area contributed by atoms with Crippen molar-refractivity contribution in [3.8, 4) is 11.5 Å². The quantitative estimate of drug-likeness (QED) is 0.258. The van der Waals surface area contributed by atoms with E-state index in [0.29, 0.717) is 5.75 Å². The van der Waals surface area contributed by atoms with Gasteiger partial charge < -0.3 is 40.0 Å². The van der Waals surface area contributed by atoms with Gasteiger partial charge in [0.2, 0.25) is 0 Å². The SMILES string of the molecule is COc1cc(O)c2c(c1)NC1OC1C[C@H](O)[C@H](O)C(O)/C=C\[C@@H](C)[C@H](C)OC2=O. The molecule has 1 fully saturated rings. The van der Waals surface area contributed by atoms with Gasteiger partial charge in [0.15, 0.2) is 6.23 Å². The van der Waals surface area contributed by atoms with Crippen molar-refractivity contribution in [2.24, 2.45) is 5.92 Å². The molecule has 2 aliphatic heterocycles. The second kappa shape index (κ2) is 8.58. The number of esters is 1. The highest BCUT2D eigenvalue weighted by Crippen LogP contribution is 2.37. The molecule has 1 aromatic carbocycles. The summed E-state index contributed by atoms with van der Waals surface area (Å²) in [6.07, 6.45) is -2.42. The molecule has 160 valence electrons. The number of rotatable bonds is 1. The minimum absolute atomic E-state index is 0.0569. The Balaban J connectivity index is 1.94. The third-order valence-electron chi connectivity index (χ3n) is 5.27. The molecule has 0 saturated carbocycles. The van der Waals surface area contributed by atoms with Crippen LogP contribution in [0.5, 0.6) is 11.5 Å². The number of cyclic esters (lactones) is 1. The number of anilines is 1. The summed E-state index contributed by atoms with van der Waals surface area (Å²) < 4.78 is 16.1. The Labute approximate surface area is 168 Å². The Morgan fingerprint density at radius 1 is 1.17 bits per heavy atom. The van der Waals surface area contributed by atoms with Crippen molar-refractivity contribution in [1.82, 2.24) is 0 Å². The van der Waals surface area contributed by atoms with Crippen LogP contribution in [0.4, 0.5) is 5.69 Å². The summed E-state index contributed by atoms with van der Waals surface area (Å²) in [6, 6.07) is 2.85. The molecule has 2 heterocycles. The van der Waals surface area contributed by atoms with E-state index in [1.54, 1.807) is 19.9 Å². The maximum Gasteiger partial charge on any atom is 0.344 e. The predicted molar refractivity (Wildman–Crippen MR) is 103 cm³/mol. The van der Waals surface area contributed by atoms with Gasteiger partial charge in [0, 0.05) is 24.5 Å². The highest BCUT2D eigenvalue weighted by molar-refractivity contribution is 5.99. The van der Waals surface area contributed by atoms with Gasteiger partial charge in [0.25, 0.3) is 0 Å². The van der Waals surface area contributed by atoms with Gasteiger partial charge in [0.05, 0.1) is 18.9 Å². The fourth-order valence-corrected chi connectivity index (χ4v) is 3.15. The van der Waals surface area contributed by atoms with Gasteiger partial charge >= 0.3 is 5.97 Å². The van der Waals surface area contributed by atoms with E-state index in [1.165, 1.54) is 25.3 Å². The molecule has 0 amide bonds. The lowest BCUT2D eigenvalue weighted by Gasteiger charge is -2.21. The van der Waals surface area contributed by atoms with Gasteiger partial charge in [-0.05, 0) is 6.92 Å². The van der Waals surface area contributed by atoms with E-state index < -0.39 is 42.7 Å². The van der Waals surface area contributed by atoms with Crippen LogP contribution in [-0.2, 0) is 9.47 Å². The van der Waals surface area contributed by atoms with E-state index in [2.05, 4.69) is 5.32 Å². The van der Waals surface area contributed by atoms with Crippen LogP contribution in [0.2, 0.25) is 0 Å². The molecule has 0 spiro atoms. The van der Waals surface area contributed by atoms with E-state index in [0.717, 1.165) is 0 Å². The number of hydrogen-bond donors (Lipinski definition) is 5. The number of fused-ring (bicyclic) bond motifs is 2. The summed E-state index contributed by atoms with van der Waals surface area (Å²) in [5.74, 6) is -0.996. The molecule has 0 aliphatic carbocycles. The molecule has 0 aromatic heterocycles. The maximum absolute atomic E-state index is 12.8. The van der Waals surface area contributed by atoms with Crippen molar-refractivity contribution < 1.29 is 39.4 Å². The second-order valence-corrected chi connectivity index (χ2v) is 7.45. The van der Waals surface area contributed by atoms with Crippen LogP contribution in [0.1, 0.15) is 30.6 Å². The maximum atomic E-state index is 12.8. The number of carbonyl (C=O) groups is 1. The zero-order chi connectivity index (χ0) is 21.3. The molecule has 9 nitrogen and oxygen atoms in total. The van der Waals surface area contributed by atoms with Crippen molar-refractivity contribution in [2.45, 2.75) is 57.0 Å². The Morgan fingerprint density at radius 2 is 1.90 bits per heavy atom. The lowest BCUT2D eigenvalue weighted by Crippen LogP contribution is -2.37. The first kappa shape index (κ1) is 21.4. The number of carbonyl (C=O) groups excluding carboxylic acids is 1. The van der Waals surface area contributed by atoms with Crippen LogP contribution in [0, 0.1) is 5.92 Å². The standard InChI is InChI=1S/C20H27NO8/c1-9-4-5-13(22)18(25)15(24)8-16-19(29-16)21-12-6-11(27-3)7-14(23)17(12)20(26)28-10(9)2/h4-7,9-10,13,15-16,18-19,21-25H,8H2,1-3H3/b5-4-/t9-,10+,13?,15+,16?,18-,19?/m1/s1. The van der Waals surface area contributed by atoms with Gasteiger partial charge in [0.1, 0.15) is 41.5 Å². The topological polar surface area (TPSA) is 141 Å². The monoisotopic (exact) mass is 409 g/mol. The Kier molecular flexibility index (Phi) is 6.33. The summed E-state index contributed by atoms with van der Waals surface area (Å²) in [5.41, 5.74) is 0.207. The zero-order valence-corrected chi connectivity index (χ0v) is 16.5. The number of aliphatic hydroxyl groups is 3. The van der Waals surface area contributed by atoms with Crippen LogP contribution >= 0.6 is 0 Å². The first-order chi connectivity index (χ1) is 13.7. The molecule has 0 bridgehead atoms. The average Bonchev–Trinajstić information content (AvgIpc) is 3.40. The largest absolute Gasteiger partial charge is 0.507 e. The van der Waals surface area contributed by atoms with Crippen molar-refractivity contribution in [3.05, 3.63) is 29.8 Å². The first-order valence-corrected chi connectivity index (χ1v) is 9.47. The van der Waals surface area contributed by atoms with Crippen LogP contribution in [-0.4, -0.2) is 70.3 Å². The molecule has 1 saturated heterocycles. The minimum atomic E-state index is -1.39. The van der Waals surface area contributed by atoms with Crippen molar-refractivity contribution in [3.63, 3.8) is 0 Å². The van der Waals surface area contributed by atoms with Crippen LogP contribution < -0.4 is 10.1 Å². The fourth-order valence-electron chi connectivity index (χ4n) is 3.15. The molecule has 9 heteroatoms. The lowest BCUT2D eigenvalue weighted by atomic mass is 10.00. The van der Waals surface area contributed by atoms with Crippen LogP contribution in [0.25, 0.3) is 0 Å². The molecular formula is C20H27NO8. The summed E-state index contributed by atoms with van der Waals surface area (Å²) >= 11 is 0. The number of ether oxygens (including phenoxy) is 3. The third kappa shape index (κ3) is 4.81. The highest BCUT2D eigenvalue weighted by Gasteiger charge is 2.43. The smallest absolute Gasteiger partial charge is 0.344 e. The molecule has 3 unspecified atom stereocenters. The number of benzene rings is 1. The first-order valence-electron chi connectivity index (χ1n) is 9.47. The van der Waals surface area contributed by atoms with Crippen molar-refractivity contribution in [2.75, 3.05) is 12.4 Å². The molecular weight excluding hydrogens is 382 g/mol. The van der Waals surface area contributed by atoms with E-state index in [4.69, 9.17) is 14.2 Å². The number of methoxy groups -OCH3 is 1. The number of aromatic hydroxyl groups is 1. The third-order valence-corrected chi connectivity index (χ3v) is 5.27. The predicted octanol–water partition coefficient (Wildman–Crippen LogP) is 0.762. The molecule has 3 rings (SSSR count). The zero-order valence-electron chi connectivity index (χ0n) is 16.5. The minimum Gasteiger partial charge on any atom is -0.507 e. The van der Waals surface area contributed by atoms with Gasteiger partial charge in [-0.2, -0.15) is 0 Å². The Hall–Kier alpha value is -2.33. The number of epoxide rings is 1. The fraction of sp³-hybridized carbons (Fsp3) is 0.550. The van der Waals surface area contributed by atoms with E-state index in [1.807, 2.05) is 0 Å². The number of phenols is 1. The number of hydrogen-bond acceptors (Lipinski definition) is 9. The second-order valence-electron chi connectivity index (χ2n) is 7.45. The molecule has 5 N–H and O–H groups in total. The number of nitrogens with one attached hydrogen (secondary N) is 1. The van der Waals surface area contributed by atoms with Gasteiger partial charge in [-0.25, -0.2) is 4.79 Å². The molecule has 2 aliphatic rings. The Morgan fingerprint density at radius 3 is 2.59 bits per heavy atom. The van der Waals surface area contributed by atoms with E-state index >= 15 is 0 Å². The lowest BCUT2D eigenvalue weighted by molar-refractivity contribution is -0.0465. The number of phenolic OH excluding ortho intramolecular Hbond substituents is 1. The summed E-state index contributed by atoms with van der Waals surface area (Å²) in [4.78, 5) is 12.8. The van der Waals surface area contributed by atoms with Crippen molar-refractivity contribution >= 4 is 11.7 Å². The van der Waals surface area contributed by atoms with Gasteiger partial charge in [-0.3, -0.25) is 0 Å². The molecule has 29 heavy (non-hydrogen) atoms. The van der Waals surface area contributed by atoms with Gasteiger partial charge in [-0.15, -0.1) is 0 Å². The molecule has 7 atom stereocenters. The normalized spacial score (nSPS) is 36.3. The van der Waals surface area contributed by atoms with Crippen LogP contribution in [0.15, 0.2) is 24.3 Å². The Bertz CT molecular complexity index is 782. The summed E-state index contributed by atoms with van der Waals surface area (Å²) in [7, 11) is 1.43. The summed E-state index contributed by atoms with van der Waals surface area (Å²) in [5, 5.41) is 43.8. The number of aliphatic hydroxyl groups excluding tert-OH is 3. The molecule has 1 aromatic rings. The summed E-state index contributed by atoms with van der Waals surface area (Å²) in [6.45, 7) is 3.45. The van der Waals surface area contributed by atoms with Crippen LogP contribution in [0.3, 0.4) is 0 Å².